The van der Waals surface area contributed by atoms with Crippen LogP contribution in [-0.2, 0) is 14.9 Å². The van der Waals surface area contributed by atoms with Gasteiger partial charge < -0.3 is 24.8 Å². The molecule has 6 nitrogen and oxygen atoms in total. The predicted octanol–water partition coefficient (Wildman–Crippen LogP) is 3.49. The maximum Gasteiger partial charge on any atom is 0.191 e. The van der Waals surface area contributed by atoms with Gasteiger partial charge in [-0.2, -0.15) is 0 Å². The second kappa shape index (κ2) is 12.6. The number of ether oxygens (including phenoxy) is 3. The number of benzene rings is 1. The van der Waals surface area contributed by atoms with Crippen molar-refractivity contribution < 1.29 is 14.2 Å². The van der Waals surface area contributed by atoms with Crippen LogP contribution in [0.4, 0.5) is 0 Å². The van der Waals surface area contributed by atoms with E-state index < -0.39 is 0 Å². The summed E-state index contributed by atoms with van der Waals surface area (Å²) in [5.74, 6) is 1.79. The molecule has 1 aromatic rings. The minimum absolute atomic E-state index is 0. The lowest BCUT2D eigenvalue weighted by Crippen LogP contribution is -2.45. The Hall–Kier alpha value is -1.06. The van der Waals surface area contributed by atoms with Crippen LogP contribution in [0.15, 0.2) is 29.3 Å². The molecule has 0 radical (unpaired) electrons. The van der Waals surface area contributed by atoms with Gasteiger partial charge in [0.1, 0.15) is 5.75 Å². The molecule has 2 fully saturated rings. The molecule has 164 valence electrons. The fourth-order valence-electron chi connectivity index (χ4n) is 4.22. The van der Waals surface area contributed by atoms with Crippen LogP contribution in [0.1, 0.15) is 44.1 Å². The van der Waals surface area contributed by atoms with E-state index in [-0.39, 0.29) is 35.5 Å². The van der Waals surface area contributed by atoms with Crippen molar-refractivity contribution in [1.82, 2.24) is 10.6 Å². The minimum atomic E-state index is 0. The Morgan fingerprint density at radius 1 is 1.28 bits per heavy atom. The predicted molar refractivity (Wildman–Crippen MR) is 128 cm³/mol. The fraction of sp³-hybridized carbons (Fsp3) is 0.682. The van der Waals surface area contributed by atoms with E-state index >= 15 is 0 Å². The molecular formula is C22H36IN3O3. The molecule has 1 aliphatic carbocycles. The molecule has 1 saturated carbocycles. The van der Waals surface area contributed by atoms with Crippen LogP contribution in [0.25, 0.3) is 0 Å². The Labute approximate surface area is 192 Å². The van der Waals surface area contributed by atoms with Gasteiger partial charge in [-0.3, -0.25) is 4.99 Å². The van der Waals surface area contributed by atoms with Crippen LogP contribution in [0.2, 0.25) is 0 Å². The molecule has 1 unspecified atom stereocenters. The van der Waals surface area contributed by atoms with E-state index in [1.165, 1.54) is 31.2 Å². The van der Waals surface area contributed by atoms with E-state index in [9.17, 15) is 0 Å². The lowest BCUT2D eigenvalue weighted by atomic mass is 9.78. The Bertz CT molecular complexity index is 629. The first-order valence-electron chi connectivity index (χ1n) is 10.5. The maximum atomic E-state index is 5.82. The van der Waals surface area contributed by atoms with Crippen LogP contribution < -0.4 is 15.4 Å². The number of rotatable bonds is 9. The van der Waals surface area contributed by atoms with Gasteiger partial charge in [-0.25, -0.2) is 0 Å². The third kappa shape index (κ3) is 7.00. The SMILES string of the molecule is CN=C(NCCCOC1CCOC1)NCC1(c2cccc(OC)c2)CCCC1.I. The number of aliphatic imine (C=N–C) groups is 1. The van der Waals surface area contributed by atoms with Gasteiger partial charge in [0, 0.05) is 38.8 Å². The zero-order valence-electron chi connectivity index (χ0n) is 17.7. The quantitative estimate of drug-likeness (QED) is 0.227. The van der Waals surface area contributed by atoms with Crippen molar-refractivity contribution in [2.24, 2.45) is 4.99 Å². The number of nitrogens with zero attached hydrogens (tertiary/aromatic N) is 1. The molecule has 1 heterocycles. The molecule has 0 amide bonds. The van der Waals surface area contributed by atoms with E-state index in [1.54, 1.807) is 7.11 Å². The molecule has 0 spiro atoms. The smallest absolute Gasteiger partial charge is 0.191 e. The summed E-state index contributed by atoms with van der Waals surface area (Å²) in [6.07, 6.45) is 7.19. The molecule has 1 aliphatic heterocycles. The van der Waals surface area contributed by atoms with Crippen molar-refractivity contribution in [2.45, 2.75) is 50.0 Å². The van der Waals surface area contributed by atoms with Crippen molar-refractivity contribution in [3.63, 3.8) is 0 Å². The first kappa shape index (κ1) is 24.2. The number of guanidine groups is 1. The Kier molecular flexibility index (Phi) is 10.5. The molecule has 1 saturated heterocycles. The standard InChI is InChI=1S/C22H35N3O3.HI/c1-23-21(24-12-6-13-28-20-9-14-27-16-20)25-17-22(10-3-4-11-22)18-7-5-8-19(15-18)26-2;/h5,7-8,15,20H,3-4,6,9-14,16-17H2,1-2H3,(H2,23,24,25);1H. The molecule has 3 rings (SSSR count). The van der Waals surface area contributed by atoms with E-state index in [2.05, 4.69) is 33.8 Å². The number of methoxy groups -OCH3 is 1. The molecule has 29 heavy (non-hydrogen) atoms. The highest BCUT2D eigenvalue weighted by molar-refractivity contribution is 14.0. The molecule has 2 N–H and O–H groups in total. The van der Waals surface area contributed by atoms with Crippen molar-refractivity contribution in [2.75, 3.05) is 47.1 Å². The molecule has 2 aliphatic rings. The third-order valence-electron chi connectivity index (χ3n) is 5.92. The van der Waals surface area contributed by atoms with Crippen LogP contribution in [-0.4, -0.2) is 59.1 Å². The van der Waals surface area contributed by atoms with Crippen molar-refractivity contribution >= 4 is 29.9 Å². The summed E-state index contributed by atoms with van der Waals surface area (Å²) in [6, 6.07) is 8.53. The van der Waals surface area contributed by atoms with Gasteiger partial charge in [0.05, 0.1) is 19.8 Å². The first-order chi connectivity index (χ1) is 13.8. The summed E-state index contributed by atoms with van der Waals surface area (Å²) in [4.78, 5) is 4.39. The summed E-state index contributed by atoms with van der Waals surface area (Å²) in [7, 11) is 3.56. The largest absolute Gasteiger partial charge is 0.497 e. The van der Waals surface area contributed by atoms with Crippen LogP contribution in [0, 0.1) is 0 Å². The van der Waals surface area contributed by atoms with Crippen molar-refractivity contribution in [3.8, 4) is 5.75 Å². The summed E-state index contributed by atoms with van der Waals surface area (Å²) in [6.45, 7) is 4.05. The van der Waals surface area contributed by atoms with E-state index in [4.69, 9.17) is 14.2 Å². The Morgan fingerprint density at radius 2 is 2.10 bits per heavy atom. The van der Waals surface area contributed by atoms with Crippen LogP contribution in [0.5, 0.6) is 5.75 Å². The van der Waals surface area contributed by atoms with Crippen molar-refractivity contribution in [3.05, 3.63) is 29.8 Å². The highest BCUT2D eigenvalue weighted by atomic mass is 127. The molecule has 7 heteroatoms. The van der Waals surface area contributed by atoms with Crippen LogP contribution >= 0.6 is 24.0 Å². The lowest BCUT2D eigenvalue weighted by Gasteiger charge is -2.31. The van der Waals surface area contributed by atoms with Crippen LogP contribution in [0.3, 0.4) is 0 Å². The molecular weight excluding hydrogens is 481 g/mol. The summed E-state index contributed by atoms with van der Waals surface area (Å²) in [5.41, 5.74) is 1.51. The first-order valence-corrected chi connectivity index (χ1v) is 10.5. The van der Waals surface area contributed by atoms with Gasteiger partial charge in [0.25, 0.3) is 0 Å². The average molecular weight is 517 g/mol. The second-order valence-corrected chi connectivity index (χ2v) is 7.78. The molecule has 1 aromatic carbocycles. The highest BCUT2D eigenvalue weighted by Gasteiger charge is 2.36. The molecule has 1 atom stereocenters. The topological polar surface area (TPSA) is 64.1 Å². The number of hydrogen-bond donors (Lipinski definition) is 2. The minimum Gasteiger partial charge on any atom is -0.497 e. The average Bonchev–Trinajstić information content (AvgIpc) is 3.43. The fourth-order valence-corrected chi connectivity index (χ4v) is 4.22. The zero-order valence-corrected chi connectivity index (χ0v) is 20.1. The summed E-state index contributed by atoms with van der Waals surface area (Å²) >= 11 is 0. The second-order valence-electron chi connectivity index (χ2n) is 7.78. The molecule has 0 aromatic heterocycles. The van der Waals surface area contributed by atoms with Gasteiger partial charge >= 0.3 is 0 Å². The van der Waals surface area contributed by atoms with Gasteiger partial charge in [0.2, 0.25) is 0 Å². The number of halogens is 1. The summed E-state index contributed by atoms with van der Waals surface area (Å²) in [5, 5.41) is 6.97. The van der Waals surface area contributed by atoms with E-state index in [1.807, 2.05) is 13.1 Å². The monoisotopic (exact) mass is 517 g/mol. The van der Waals surface area contributed by atoms with Crippen molar-refractivity contribution in [1.29, 1.82) is 0 Å². The zero-order chi connectivity index (χ0) is 19.7. The van der Waals surface area contributed by atoms with Gasteiger partial charge in [-0.1, -0.05) is 25.0 Å². The highest BCUT2D eigenvalue weighted by Crippen LogP contribution is 2.41. The van der Waals surface area contributed by atoms with Gasteiger partial charge in [0.15, 0.2) is 5.96 Å². The third-order valence-corrected chi connectivity index (χ3v) is 5.92. The van der Waals surface area contributed by atoms with Gasteiger partial charge in [-0.15, -0.1) is 24.0 Å². The van der Waals surface area contributed by atoms with E-state index in [0.29, 0.717) is 0 Å². The number of hydrogen-bond acceptors (Lipinski definition) is 4. The Balaban J connectivity index is 0.00000300. The number of nitrogens with one attached hydrogen (secondary N) is 2. The summed E-state index contributed by atoms with van der Waals surface area (Å²) < 4.78 is 16.6. The lowest BCUT2D eigenvalue weighted by molar-refractivity contribution is 0.0420. The maximum absolute atomic E-state index is 5.82. The van der Waals surface area contributed by atoms with Gasteiger partial charge in [-0.05, 0) is 43.4 Å². The normalized spacial score (nSPS) is 20.9. The Morgan fingerprint density at radius 3 is 2.79 bits per heavy atom. The molecule has 0 bridgehead atoms. The van der Waals surface area contributed by atoms with E-state index in [0.717, 1.165) is 57.5 Å².